The van der Waals surface area contributed by atoms with Gasteiger partial charge in [-0.1, -0.05) is 12.0 Å². The lowest BCUT2D eigenvalue weighted by molar-refractivity contribution is -0.200. The second-order valence-corrected chi connectivity index (χ2v) is 14.4. The highest BCUT2D eigenvalue weighted by molar-refractivity contribution is 7.90. The molecule has 2 aromatic carbocycles. The fourth-order valence-electron chi connectivity index (χ4n) is 6.65. The van der Waals surface area contributed by atoms with Gasteiger partial charge in [0.15, 0.2) is 9.84 Å². The average molecular weight is 649 g/mol. The number of nitrogens with one attached hydrogen (secondary N) is 2. The first-order valence-corrected chi connectivity index (χ1v) is 16.9. The second kappa shape index (κ2) is 12.4. The number of anilines is 2. The first kappa shape index (κ1) is 31.5. The van der Waals surface area contributed by atoms with Crippen LogP contribution in [-0.2, 0) is 21.1 Å². The largest absolute Gasteiger partial charge is 0.461 e. The molecule has 3 heterocycles. The Bertz CT molecular complexity index is 1710. The maximum Gasteiger partial charge on any atom is 0.406 e. The highest BCUT2D eigenvalue weighted by atomic mass is 32.2. The number of rotatable bonds is 9. The average Bonchev–Trinajstić information content (AvgIpc) is 3.27. The van der Waals surface area contributed by atoms with Crippen LogP contribution in [0.25, 0.3) is 10.9 Å². The zero-order valence-corrected chi connectivity index (χ0v) is 25.7. The number of benzene rings is 2. The van der Waals surface area contributed by atoms with Gasteiger partial charge in [0, 0.05) is 54.0 Å². The molecule has 13 heteroatoms. The highest BCUT2D eigenvalue weighted by Crippen LogP contribution is 2.41. The van der Waals surface area contributed by atoms with E-state index in [0.29, 0.717) is 28.0 Å². The molecular weight excluding hydrogens is 612 g/mol. The summed E-state index contributed by atoms with van der Waals surface area (Å²) in [6.45, 7) is 1.61. The number of likely N-dealkylation sites (tertiary alicyclic amines) is 1. The van der Waals surface area contributed by atoms with Crippen LogP contribution in [0, 0.1) is 17.3 Å². The number of ether oxygens (including phenoxy) is 2. The SMILES string of the molecule is CS(=O)(=O)c1ccc(NCC#Cc2cc3c(NC4CCC(N5CC6(COC6)C5)CC4)cccc3n2CC(F)(F)F)c(OCF)c1. The molecule has 2 saturated heterocycles. The molecule has 1 saturated carbocycles. The Morgan fingerprint density at radius 2 is 1.82 bits per heavy atom. The molecule has 0 radical (unpaired) electrons. The quantitative estimate of drug-likeness (QED) is 0.237. The Morgan fingerprint density at radius 1 is 1.07 bits per heavy atom. The van der Waals surface area contributed by atoms with Gasteiger partial charge in [-0.05, 0) is 61.9 Å². The number of sulfone groups is 1. The number of hydrogen-bond donors (Lipinski definition) is 2. The zero-order valence-electron chi connectivity index (χ0n) is 24.9. The van der Waals surface area contributed by atoms with E-state index in [2.05, 4.69) is 27.4 Å². The zero-order chi connectivity index (χ0) is 31.8. The third-order valence-corrected chi connectivity index (χ3v) is 10.0. The lowest BCUT2D eigenvalue weighted by atomic mass is 9.75. The molecule has 3 aromatic rings. The van der Waals surface area contributed by atoms with Crippen LogP contribution in [0.15, 0.2) is 47.4 Å². The number of hydrogen-bond acceptors (Lipinski definition) is 7. The molecule has 1 spiro atoms. The lowest BCUT2D eigenvalue weighted by Crippen LogP contribution is -2.68. The van der Waals surface area contributed by atoms with Crippen molar-refractivity contribution in [3.8, 4) is 17.6 Å². The fraction of sp³-hybridized carbons (Fsp3) is 0.500. The molecule has 1 aromatic heterocycles. The van der Waals surface area contributed by atoms with Crippen molar-refractivity contribution < 1.29 is 35.5 Å². The van der Waals surface area contributed by atoms with Gasteiger partial charge < -0.3 is 24.7 Å². The molecule has 45 heavy (non-hydrogen) atoms. The van der Waals surface area contributed by atoms with E-state index in [-0.39, 0.29) is 28.9 Å². The smallest absolute Gasteiger partial charge is 0.406 e. The van der Waals surface area contributed by atoms with Crippen molar-refractivity contribution in [2.75, 3.05) is 56.6 Å². The van der Waals surface area contributed by atoms with Crippen LogP contribution in [0.5, 0.6) is 5.75 Å². The molecule has 2 aliphatic heterocycles. The van der Waals surface area contributed by atoms with Crippen LogP contribution < -0.4 is 15.4 Å². The van der Waals surface area contributed by atoms with Crippen LogP contribution in [0.2, 0.25) is 0 Å². The molecule has 3 aliphatic rings. The normalized spacial score (nSPS) is 21.4. The van der Waals surface area contributed by atoms with Gasteiger partial charge >= 0.3 is 6.18 Å². The Morgan fingerprint density at radius 3 is 2.47 bits per heavy atom. The number of fused-ring (bicyclic) bond motifs is 1. The van der Waals surface area contributed by atoms with Crippen LogP contribution in [-0.4, -0.2) is 82.1 Å². The van der Waals surface area contributed by atoms with Crippen molar-refractivity contribution in [1.29, 1.82) is 0 Å². The number of alkyl halides is 4. The van der Waals surface area contributed by atoms with Crippen LogP contribution in [0.3, 0.4) is 0 Å². The summed E-state index contributed by atoms with van der Waals surface area (Å²) in [6, 6.07) is 11.8. The van der Waals surface area contributed by atoms with Gasteiger partial charge in [-0.15, -0.1) is 0 Å². The standard InChI is InChI=1S/C32H36F4N4O4S/c1-45(41,42)25-11-12-28(30(15-25)44-21-33)37-13-3-4-24-14-26-27(5-2-6-29(26)40(24)18-32(34,35)36)38-22-7-9-23(10-8-22)39-16-31(17-39)19-43-20-31/h2,5-6,11-12,14-15,22-23,37-38H,7-10,13,16-21H2,1H3. The number of halogens is 4. The van der Waals surface area contributed by atoms with Crippen molar-refractivity contribution in [1.82, 2.24) is 9.47 Å². The number of nitrogens with zero attached hydrogens (tertiary/aromatic N) is 2. The van der Waals surface area contributed by atoms with E-state index in [1.54, 1.807) is 18.2 Å². The minimum atomic E-state index is -4.45. The first-order chi connectivity index (χ1) is 21.4. The molecule has 1 aliphatic carbocycles. The summed E-state index contributed by atoms with van der Waals surface area (Å²) in [5.41, 5.74) is 2.13. The third-order valence-electron chi connectivity index (χ3n) is 8.92. The van der Waals surface area contributed by atoms with Crippen molar-refractivity contribution >= 4 is 32.1 Å². The van der Waals surface area contributed by atoms with Crippen LogP contribution >= 0.6 is 0 Å². The van der Waals surface area contributed by atoms with E-state index >= 15 is 0 Å². The maximum absolute atomic E-state index is 13.7. The topological polar surface area (TPSA) is 84.8 Å². The molecule has 2 N–H and O–H groups in total. The molecule has 0 bridgehead atoms. The monoisotopic (exact) mass is 648 g/mol. The Kier molecular flexibility index (Phi) is 8.67. The molecule has 8 nitrogen and oxygen atoms in total. The number of aromatic nitrogens is 1. The van der Waals surface area contributed by atoms with Crippen molar-refractivity contribution in [3.05, 3.63) is 48.2 Å². The van der Waals surface area contributed by atoms with Crippen molar-refractivity contribution in [2.45, 2.75) is 55.4 Å². The summed E-state index contributed by atoms with van der Waals surface area (Å²) < 4.78 is 89.1. The summed E-state index contributed by atoms with van der Waals surface area (Å²) in [4.78, 5) is 2.53. The van der Waals surface area contributed by atoms with Gasteiger partial charge in [-0.2, -0.15) is 13.2 Å². The molecule has 0 amide bonds. The van der Waals surface area contributed by atoms with E-state index < -0.39 is 29.4 Å². The molecule has 0 atom stereocenters. The lowest BCUT2D eigenvalue weighted by Gasteiger charge is -2.58. The predicted molar refractivity (Wildman–Crippen MR) is 164 cm³/mol. The molecule has 6 rings (SSSR count). The van der Waals surface area contributed by atoms with Crippen molar-refractivity contribution in [2.24, 2.45) is 5.41 Å². The van der Waals surface area contributed by atoms with Crippen LogP contribution in [0.1, 0.15) is 31.4 Å². The second-order valence-electron chi connectivity index (χ2n) is 12.4. The summed E-state index contributed by atoms with van der Waals surface area (Å²) >= 11 is 0. The fourth-order valence-corrected chi connectivity index (χ4v) is 7.28. The van der Waals surface area contributed by atoms with Gasteiger partial charge in [0.1, 0.15) is 12.3 Å². The van der Waals surface area contributed by atoms with E-state index in [4.69, 9.17) is 9.47 Å². The van der Waals surface area contributed by atoms with Gasteiger partial charge in [0.2, 0.25) is 6.86 Å². The van der Waals surface area contributed by atoms with Gasteiger partial charge in [0.05, 0.1) is 41.6 Å². The van der Waals surface area contributed by atoms with Gasteiger partial charge in [-0.25, -0.2) is 12.8 Å². The summed E-state index contributed by atoms with van der Waals surface area (Å²) in [6.07, 6.45) is 0.712. The van der Waals surface area contributed by atoms with E-state index in [1.807, 2.05) is 6.07 Å². The minimum Gasteiger partial charge on any atom is -0.461 e. The van der Waals surface area contributed by atoms with E-state index in [9.17, 15) is 26.0 Å². The summed E-state index contributed by atoms with van der Waals surface area (Å²) in [5.74, 6) is 5.69. The van der Waals surface area contributed by atoms with Crippen molar-refractivity contribution in [3.63, 3.8) is 0 Å². The summed E-state index contributed by atoms with van der Waals surface area (Å²) in [7, 11) is -3.54. The molecule has 0 unspecified atom stereocenters. The Balaban J connectivity index is 1.16. The first-order valence-electron chi connectivity index (χ1n) is 15.0. The van der Waals surface area contributed by atoms with Crippen LogP contribution in [0.4, 0.5) is 28.9 Å². The molecule has 3 fully saturated rings. The molecule has 242 valence electrons. The van der Waals surface area contributed by atoms with Gasteiger partial charge in [0.25, 0.3) is 0 Å². The predicted octanol–water partition coefficient (Wildman–Crippen LogP) is 5.43. The van der Waals surface area contributed by atoms with E-state index in [0.717, 1.165) is 63.9 Å². The molecular formula is C32H36F4N4O4S. The maximum atomic E-state index is 13.7. The Labute approximate surface area is 260 Å². The highest BCUT2D eigenvalue weighted by Gasteiger charge is 2.50. The minimum absolute atomic E-state index is 0.00603. The Hall–Kier alpha value is -3.47. The third kappa shape index (κ3) is 7.03. The van der Waals surface area contributed by atoms with E-state index in [1.165, 1.54) is 22.8 Å². The summed E-state index contributed by atoms with van der Waals surface area (Å²) in [5, 5.41) is 7.21. The van der Waals surface area contributed by atoms with Gasteiger partial charge in [-0.3, -0.25) is 4.90 Å².